The Bertz CT molecular complexity index is 485. The van der Waals surface area contributed by atoms with Crippen LogP contribution in [0.2, 0.25) is 0 Å². The van der Waals surface area contributed by atoms with Gasteiger partial charge in [0.05, 0.1) is 18.7 Å². The number of amides is 1. The lowest BCUT2D eigenvalue weighted by atomic mass is 9.75. The third-order valence-corrected chi connectivity index (χ3v) is 4.06. The average Bonchev–Trinajstić information content (AvgIpc) is 2.39. The molecule has 21 heavy (non-hydrogen) atoms. The van der Waals surface area contributed by atoms with Crippen LogP contribution in [0.5, 0.6) is 5.75 Å². The molecule has 1 aromatic carbocycles. The van der Waals surface area contributed by atoms with Crippen molar-refractivity contribution < 1.29 is 9.53 Å². The lowest BCUT2D eigenvalue weighted by molar-refractivity contribution is -0.118. The maximum absolute atomic E-state index is 10.8. The second kappa shape index (κ2) is 6.83. The molecule has 2 rings (SSSR count). The normalized spacial score (nSPS) is 20.8. The number of hydrogen-bond donors (Lipinski definition) is 2. The Morgan fingerprint density at radius 1 is 1.43 bits per heavy atom. The Hall–Kier alpha value is -1.71. The number of carbonyl (C=O) groups is 1. The van der Waals surface area contributed by atoms with Gasteiger partial charge in [-0.05, 0) is 36.8 Å². The molecule has 4 nitrogen and oxygen atoms in total. The average molecular weight is 290 g/mol. The summed E-state index contributed by atoms with van der Waals surface area (Å²) in [4.78, 5) is 10.8. The molecule has 1 unspecified atom stereocenters. The quantitative estimate of drug-likeness (QED) is 0.844. The summed E-state index contributed by atoms with van der Waals surface area (Å²) in [6.07, 6.45) is 5.16. The number of rotatable bonds is 6. The number of benzene rings is 1. The number of hydrogen-bond acceptors (Lipinski definition) is 3. The highest BCUT2D eigenvalue weighted by atomic mass is 16.5. The molecule has 0 saturated heterocycles. The first-order valence-electron chi connectivity index (χ1n) is 7.73. The van der Waals surface area contributed by atoms with Crippen LogP contribution in [0.3, 0.4) is 0 Å². The number of nitrogens with one attached hydrogen (secondary N) is 1. The van der Waals surface area contributed by atoms with E-state index in [0.717, 1.165) is 11.4 Å². The molecule has 3 N–H and O–H groups in total. The number of para-hydroxylation sites is 2. The van der Waals surface area contributed by atoms with E-state index in [0.29, 0.717) is 18.1 Å². The third-order valence-electron chi connectivity index (χ3n) is 4.06. The summed E-state index contributed by atoms with van der Waals surface area (Å²) >= 11 is 0. The molecule has 116 valence electrons. The van der Waals surface area contributed by atoms with Crippen LogP contribution in [0.1, 0.15) is 46.0 Å². The van der Waals surface area contributed by atoms with Gasteiger partial charge in [-0.25, -0.2) is 0 Å². The monoisotopic (exact) mass is 290 g/mol. The van der Waals surface area contributed by atoms with E-state index in [-0.39, 0.29) is 12.3 Å². The minimum Gasteiger partial charge on any atom is -0.491 e. The summed E-state index contributed by atoms with van der Waals surface area (Å²) in [7, 11) is 0. The molecule has 1 fully saturated rings. The van der Waals surface area contributed by atoms with E-state index in [1.807, 2.05) is 24.3 Å². The van der Waals surface area contributed by atoms with Crippen LogP contribution in [0.25, 0.3) is 0 Å². The third kappa shape index (κ3) is 4.96. The van der Waals surface area contributed by atoms with Crippen LogP contribution in [0, 0.1) is 5.41 Å². The SMILES string of the molecule is CC1(C)CCCC(Nc2ccccc2OCCC(N)=O)C1. The first-order chi connectivity index (χ1) is 9.96. The number of anilines is 1. The smallest absolute Gasteiger partial charge is 0.220 e. The van der Waals surface area contributed by atoms with Gasteiger partial charge >= 0.3 is 0 Å². The molecular weight excluding hydrogens is 264 g/mol. The zero-order valence-electron chi connectivity index (χ0n) is 13.0. The Balaban J connectivity index is 1.97. The predicted molar refractivity (Wildman–Crippen MR) is 85.4 cm³/mol. The number of nitrogens with two attached hydrogens (primary N) is 1. The standard InChI is InChI=1S/C17H26N2O2/c1-17(2)10-5-6-13(12-17)19-14-7-3-4-8-15(14)21-11-9-16(18)20/h3-4,7-8,13,19H,5-6,9-12H2,1-2H3,(H2,18,20). The molecule has 1 atom stereocenters. The van der Waals surface area contributed by atoms with Crippen molar-refractivity contribution in [2.45, 2.75) is 52.0 Å². The van der Waals surface area contributed by atoms with Crippen molar-refractivity contribution in [3.8, 4) is 5.75 Å². The van der Waals surface area contributed by atoms with Crippen molar-refractivity contribution >= 4 is 11.6 Å². The Morgan fingerprint density at radius 2 is 2.19 bits per heavy atom. The number of ether oxygens (including phenoxy) is 1. The van der Waals surface area contributed by atoms with Crippen LogP contribution in [-0.2, 0) is 4.79 Å². The van der Waals surface area contributed by atoms with Gasteiger partial charge in [-0.3, -0.25) is 4.79 Å². The van der Waals surface area contributed by atoms with Crippen molar-refractivity contribution in [3.63, 3.8) is 0 Å². The molecule has 0 radical (unpaired) electrons. The molecule has 1 aromatic rings. The molecule has 0 bridgehead atoms. The van der Waals surface area contributed by atoms with Crippen LogP contribution in [-0.4, -0.2) is 18.6 Å². The van der Waals surface area contributed by atoms with Gasteiger partial charge in [0.1, 0.15) is 5.75 Å². The second-order valence-corrected chi connectivity index (χ2v) is 6.66. The molecule has 0 heterocycles. The van der Waals surface area contributed by atoms with E-state index in [2.05, 4.69) is 19.2 Å². The van der Waals surface area contributed by atoms with Gasteiger partial charge in [-0.2, -0.15) is 0 Å². The summed E-state index contributed by atoms with van der Waals surface area (Å²) < 4.78 is 5.68. The maximum atomic E-state index is 10.8. The minimum atomic E-state index is -0.338. The molecule has 1 amide bonds. The first-order valence-corrected chi connectivity index (χ1v) is 7.73. The fraction of sp³-hybridized carbons (Fsp3) is 0.588. The summed E-state index contributed by atoms with van der Waals surface area (Å²) in [5, 5.41) is 3.60. The van der Waals surface area contributed by atoms with Crippen LogP contribution in [0.4, 0.5) is 5.69 Å². The first kappa shape index (κ1) is 15.7. The highest BCUT2D eigenvalue weighted by Gasteiger charge is 2.28. The Labute approximate surface area is 127 Å². The van der Waals surface area contributed by atoms with Gasteiger partial charge in [0.15, 0.2) is 0 Å². The fourth-order valence-electron chi connectivity index (χ4n) is 3.01. The number of carbonyl (C=O) groups excluding carboxylic acids is 1. The highest BCUT2D eigenvalue weighted by molar-refractivity contribution is 5.73. The largest absolute Gasteiger partial charge is 0.491 e. The van der Waals surface area contributed by atoms with Gasteiger partial charge in [-0.15, -0.1) is 0 Å². The van der Waals surface area contributed by atoms with Gasteiger partial charge in [0.25, 0.3) is 0 Å². The highest BCUT2D eigenvalue weighted by Crippen LogP contribution is 2.37. The summed E-state index contributed by atoms with van der Waals surface area (Å²) in [6, 6.07) is 8.38. The maximum Gasteiger partial charge on any atom is 0.220 e. The van der Waals surface area contributed by atoms with Crippen LogP contribution >= 0.6 is 0 Å². The van der Waals surface area contributed by atoms with E-state index in [9.17, 15) is 4.79 Å². The Morgan fingerprint density at radius 3 is 2.90 bits per heavy atom. The molecule has 0 spiro atoms. The summed E-state index contributed by atoms with van der Waals surface area (Å²) in [6.45, 7) is 4.98. The van der Waals surface area contributed by atoms with Crippen molar-refractivity contribution in [1.29, 1.82) is 0 Å². The van der Waals surface area contributed by atoms with Crippen molar-refractivity contribution in [2.75, 3.05) is 11.9 Å². The molecule has 0 aromatic heterocycles. The summed E-state index contributed by atoms with van der Waals surface area (Å²) in [5.41, 5.74) is 6.54. The molecule has 0 aliphatic heterocycles. The topological polar surface area (TPSA) is 64.3 Å². The van der Waals surface area contributed by atoms with E-state index >= 15 is 0 Å². The molecule has 4 heteroatoms. The van der Waals surface area contributed by atoms with Gasteiger partial charge in [-0.1, -0.05) is 32.4 Å². The molecular formula is C17H26N2O2. The fourth-order valence-corrected chi connectivity index (χ4v) is 3.01. The molecule has 1 aliphatic carbocycles. The zero-order chi connectivity index (χ0) is 15.3. The van der Waals surface area contributed by atoms with Crippen molar-refractivity contribution in [1.82, 2.24) is 0 Å². The lowest BCUT2D eigenvalue weighted by Crippen LogP contribution is -2.31. The Kier molecular flexibility index (Phi) is 5.10. The number of primary amides is 1. The van der Waals surface area contributed by atoms with Crippen LogP contribution < -0.4 is 15.8 Å². The molecule has 1 saturated carbocycles. The van der Waals surface area contributed by atoms with E-state index in [1.165, 1.54) is 25.7 Å². The second-order valence-electron chi connectivity index (χ2n) is 6.66. The summed E-state index contributed by atoms with van der Waals surface area (Å²) in [5.74, 6) is 0.455. The van der Waals surface area contributed by atoms with Gasteiger partial charge in [0.2, 0.25) is 5.91 Å². The van der Waals surface area contributed by atoms with Crippen LogP contribution in [0.15, 0.2) is 24.3 Å². The lowest BCUT2D eigenvalue weighted by Gasteiger charge is -2.36. The van der Waals surface area contributed by atoms with Gasteiger partial charge in [0, 0.05) is 6.04 Å². The van der Waals surface area contributed by atoms with Gasteiger partial charge < -0.3 is 15.8 Å². The minimum absolute atomic E-state index is 0.241. The van der Waals surface area contributed by atoms with E-state index in [4.69, 9.17) is 10.5 Å². The zero-order valence-corrected chi connectivity index (χ0v) is 13.0. The van der Waals surface area contributed by atoms with Crippen molar-refractivity contribution in [2.24, 2.45) is 11.1 Å². The predicted octanol–water partition coefficient (Wildman–Crippen LogP) is 3.32. The molecule has 1 aliphatic rings. The van der Waals surface area contributed by atoms with E-state index < -0.39 is 0 Å². The van der Waals surface area contributed by atoms with Crippen molar-refractivity contribution in [3.05, 3.63) is 24.3 Å². The van der Waals surface area contributed by atoms with E-state index in [1.54, 1.807) is 0 Å².